The van der Waals surface area contributed by atoms with Crippen LogP contribution >= 0.6 is 0 Å². The third-order valence-corrected chi connectivity index (χ3v) is 15.3. The molecule has 0 fully saturated rings. The van der Waals surface area contributed by atoms with Gasteiger partial charge >= 0.3 is 17.9 Å². The predicted molar refractivity (Wildman–Crippen MR) is 364 cm³/mol. The number of carbonyl (C=O) groups is 6. The van der Waals surface area contributed by atoms with Crippen molar-refractivity contribution in [1.29, 1.82) is 0 Å². The summed E-state index contributed by atoms with van der Waals surface area (Å²) in [5.74, 6) is -3.42. The first kappa shape index (κ1) is 82.2. The quantitative estimate of drug-likeness (QED) is 0.0235. The Morgan fingerprint density at radius 3 is 0.670 bits per heavy atom. The van der Waals surface area contributed by atoms with Crippen molar-refractivity contribution in [3.8, 4) is 0 Å². The first-order valence-corrected chi connectivity index (χ1v) is 34.3. The molecule has 13 heteroatoms. The number of hydrogen-bond acceptors (Lipinski definition) is 6. The van der Waals surface area contributed by atoms with Crippen LogP contribution in [0.25, 0.3) is 0 Å². The van der Waals surface area contributed by atoms with Crippen LogP contribution in [-0.4, -0.2) is 50.9 Å². The standard InChI is InChI=1S/3C25H39NO3.Cr/c3*1-2-3-4-5-6-7-8-9-10-11-12-13-14-15-16-21-24(27)26-23-20-18-17-19-22(23)25(28)29;/h3*9-10,17-20H,2-8,11-16,21H2,1H3,(H,26,27)(H,28,29);/b3*10-9+;. The number of aromatic carboxylic acids is 3. The van der Waals surface area contributed by atoms with Crippen molar-refractivity contribution in [2.24, 2.45) is 0 Å². The third-order valence-electron chi connectivity index (χ3n) is 15.3. The first-order chi connectivity index (χ1) is 42.4. The summed E-state index contributed by atoms with van der Waals surface area (Å²) in [7, 11) is 0. The molecule has 0 atom stereocenters. The van der Waals surface area contributed by atoms with E-state index < -0.39 is 17.9 Å². The Bertz CT molecular complexity index is 2090. The van der Waals surface area contributed by atoms with E-state index in [0.717, 1.165) is 77.0 Å². The van der Waals surface area contributed by atoms with Gasteiger partial charge in [0.1, 0.15) is 0 Å². The minimum absolute atomic E-state index is 0. The molecule has 0 saturated heterocycles. The van der Waals surface area contributed by atoms with E-state index in [-0.39, 0.29) is 51.8 Å². The maximum Gasteiger partial charge on any atom is 0.337 e. The molecule has 0 radical (unpaired) electrons. The summed E-state index contributed by atoms with van der Waals surface area (Å²) in [5, 5.41) is 35.6. The van der Waals surface area contributed by atoms with Crippen molar-refractivity contribution in [3.63, 3.8) is 0 Å². The molecule has 3 aromatic rings. The fourth-order valence-corrected chi connectivity index (χ4v) is 10.0. The number of nitrogens with one attached hydrogen (secondary N) is 3. The fourth-order valence-electron chi connectivity index (χ4n) is 10.0. The number of para-hydroxylation sites is 3. The Morgan fingerprint density at radius 1 is 0.284 bits per heavy atom. The summed E-state index contributed by atoms with van der Waals surface area (Å²) < 4.78 is 0. The summed E-state index contributed by atoms with van der Waals surface area (Å²) in [5.41, 5.74) is 1.51. The Labute approximate surface area is 543 Å². The number of hydrogen-bond donors (Lipinski definition) is 6. The summed E-state index contributed by atoms with van der Waals surface area (Å²) in [6.45, 7) is 6.76. The number of rotatable bonds is 51. The fraction of sp³-hybridized carbons (Fsp3) is 0.600. The van der Waals surface area contributed by atoms with Gasteiger partial charge in [0.25, 0.3) is 0 Å². The Balaban J connectivity index is 0.00000128. The average Bonchev–Trinajstić information content (AvgIpc) is 3.25. The maximum absolute atomic E-state index is 12.0. The molecule has 0 aliphatic carbocycles. The van der Waals surface area contributed by atoms with Crippen LogP contribution in [0.5, 0.6) is 0 Å². The number of anilines is 3. The SMILES string of the molecule is CCCCCCCC/C=C/CCCCCCCC(=O)Nc1ccccc1C(=O)O.CCCCCCCC/C=C/CCCCCCCC(=O)Nc1ccccc1C(=O)O.CCCCCCCC/C=C/CCCCCCCC(=O)Nc1ccccc1C(=O)O.[Cr]. The average molecular weight is 1260 g/mol. The molecule has 3 rings (SSSR count). The Hall–Kier alpha value is -5.77. The van der Waals surface area contributed by atoms with Gasteiger partial charge in [0.15, 0.2) is 0 Å². The molecule has 0 aromatic heterocycles. The molecule has 0 saturated carbocycles. The van der Waals surface area contributed by atoms with Gasteiger partial charge in [-0.15, -0.1) is 0 Å². The number of unbranched alkanes of at least 4 members (excludes halogenated alkanes) is 33. The number of benzene rings is 3. The third kappa shape index (κ3) is 48.2. The minimum Gasteiger partial charge on any atom is -0.478 e. The Morgan fingerprint density at radius 2 is 0.466 bits per heavy atom. The normalized spacial score (nSPS) is 10.9. The van der Waals surface area contributed by atoms with Gasteiger partial charge < -0.3 is 31.3 Å². The number of carboxylic acids is 3. The van der Waals surface area contributed by atoms with Crippen LogP contribution in [0.1, 0.15) is 322 Å². The van der Waals surface area contributed by atoms with E-state index in [1.807, 2.05) is 0 Å². The van der Waals surface area contributed by atoms with Gasteiger partial charge in [-0.2, -0.15) is 0 Å². The van der Waals surface area contributed by atoms with E-state index in [0.29, 0.717) is 36.3 Å². The summed E-state index contributed by atoms with van der Waals surface area (Å²) in [6.07, 6.45) is 63.1. The molecule has 0 unspecified atom stereocenters. The zero-order valence-corrected chi connectivity index (χ0v) is 56.1. The van der Waals surface area contributed by atoms with Gasteiger partial charge in [0.05, 0.1) is 33.8 Å². The van der Waals surface area contributed by atoms with Gasteiger partial charge in [0, 0.05) is 36.6 Å². The molecule has 88 heavy (non-hydrogen) atoms. The van der Waals surface area contributed by atoms with Crippen LogP contribution in [0, 0.1) is 0 Å². The van der Waals surface area contributed by atoms with Gasteiger partial charge in [-0.1, -0.05) is 248 Å². The van der Waals surface area contributed by atoms with Crippen molar-refractivity contribution in [3.05, 3.63) is 126 Å². The van der Waals surface area contributed by atoms with E-state index in [2.05, 4.69) is 73.2 Å². The zero-order valence-electron chi connectivity index (χ0n) is 54.8. The molecule has 12 nitrogen and oxygen atoms in total. The molecular formula is C75H117CrN3O9. The van der Waals surface area contributed by atoms with Crippen molar-refractivity contribution < 1.29 is 61.4 Å². The van der Waals surface area contributed by atoms with E-state index in [1.165, 1.54) is 192 Å². The predicted octanol–water partition coefficient (Wildman–Crippen LogP) is 22.1. The molecule has 0 spiro atoms. The van der Waals surface area contributed by atoms with Crippen LogP contribution < -0.4 is 16.0 Å². The monoisotopic (exact) mass is 1260 g/mol. The van der Waals surface area contributed by atoms with Gasteiger partial charge in [-0.3, -0.25) is 14.4 Å². The van der Waals surface area contributed by atoms with Gasteiger partial charge in [0.2, 0.25) is 17.7 Å². The number of amides is 3. The van der Waals surface area contributed by atoms with Crippen LogP contribution in [0.2, 0.25) is 0 Å². The van der Waals surface area contributed by atoms with Crippen molar-refractivity contribution in [2.75, 3.05) is 16.0 Å². The van der Waals surface area contributed by atoms with Crippen LogP contribution in [0.3, 0.4) is 0 Å². The summed E-state index contributed by atoms with van der Waals surface area (Å²) in [6, 6.07) is 19.5. The van der Waals surface area contributed by atoms with Crippen molar-refractivity contribution in [1.82, 2.24) is 0 Å². The second kappa shape index (κ2) is 60.2. The van der Waals surface area contributed by atoms with Crippen LogP contribution in [0.4, 0.5) is 17.1 Å². The smallest absolute Gasteiger partial charge is 0.337 e. The van der Waals surface area contributed by atoms with E-state index in [4.69, 9.17) is 15.3 Å². The molecule has 0 bridgehead atoms. The zero-order chi connectivity index (χ0) is 63.5. The molecule has 492 valence electrons. The summed E-state index contributed by atoms with van der Waals surface area (Å²) >= 11 is 0. The largest absolute Gasteiger partial charge is 0.478 e. The van der Waals surface area contributed by atoms with Gasteiger partial charge in [-0.25, -0.2) is 14.4 Å². The molecular weight excluding hydrogens is 1140 g/mol. The minimum atomic E-state index is -1.03. The Kier molecular flexibility index (Phi) is 56.2. The second-order valence-corrected chi connectivity index (χ2v) is 23.2. The van der Waals surface area contributed by atoms with Crippen molar-refractivity contribution in [2.45, 2.75) is 290 Å². The summed E-state index contributed by atoms with van der Waals surface area (Å²) in [4.78, 5) is 69.5. The van der Waals surface area contributed by atoms with Crippen LogP contribution in [0.15, 0.2) is 109 Å². The maximum atomic E-state index is 12.0. The number of carboxylic acid groups (broad SMARTS) is 3. The molecule has 0 heterocycles. The molecule has 0 aliphatic rings. The van der Waals surface area contributed by atoms with E-state index >= 15 is 0 Å². The molecule has 3 amide bonds. The van der Waals surface area contributed by atoms with Crippen molar-refractivity contribution >= 4 is 52.7 Å². The first-order valence-electron chi connectivity index (χ1n) is 34.3. The van der Waals surface area contributed by atoms with Crippen LogP contribution in [-0.2, 0) is 31.7 Å². The van der Waals surface area contributed by atoms with E-state index in [9.17, 15) is 28.8 Å². The number of allylic oxidation sites excluding steroid dienone is 6. The molecule has 0 aliphatic heterocycles. The molecule has 3 aromatic carbocycles. The van der Waals surface area contributed by atoms with Gasteiger partial charge in [-0.05, 0) is 133 Å². The molecule has 6 N–H and O–H groups in total. The number of carbonyl (C=O) groups excluding carboxylic acids is 3. The second-order valence-electron chi connectivity index (χ2n) is 23.2. The van der Waals surface area contributed by atoms with E-state index in [1.54, 1.807) is 54.6 Å². The topological polar surface area (TPSA) is 199 Å².